The molecule has 2 rings (SSSR count). The standard InChI is InChI=1S/C16H27N3O2S/c1-13-12-22-16(21)19(13)11-7-15(20)18-9-5-14(6-10-18)4-8-17(2)3/h12,14H,4-11H2,1-3H3. The van der Waals surface area contributed by atoms with Gasteiger partial charge in [-0.3, -0.25) is 9.59 Å². The first kappa shape index (κ1) is 17.2. The van der Waals surface area contributed by atoms with Gasteiger partial charge in [-0.1, -0.05) is 11.3 Å². The summed E-state index contributed by atoms with van der Waals surface area (Å²) in [5, 5.41) is 1.85. The number of carbonyl (C=O) groups is 1. The second kappa shape index (κ2) is 7.92. The lowest BCUT2D eigenvalue weighted by molar-refractivity contribution is -0.132. The zero-order valence-corrected chi connectivity index (χ0v) is 14.7. The maximum atomic E-state index is 12.3. The Bertz CT molecular complexity index is 542. The number of thiazole rings is 1. The van der Waals surface area contributed by atoms with E-state index >= 15 is 0 Å². The quantitative estimate of drug-likeness (QED) is 0.801. The first-order valence-corrected chi connectivity index (χ1v) is 8.92. The van der Waals surface area contributed by atoms with Gasteiger partial charge < -0.3 is 14.4 Å². The predicted molar refractivity (Wildman–Crippen MR) is 90.4 cm³/mol. The van der Waals surface area contributed by atoms with Gasteiger partial charge in [0.25, 0.3) is 0 Å². The van der Waals surface area contributed by atoms with Crippen molar-refractivity contribution in [1.82, 2.24) is 14.4 Å². The lowest BCUT2D eigenvalue weighted by Crippen LogP contribution is -2.39. The maximum Gasteiger partial charge on any atom is 0.307 e. The van der Waals surface area contributed by atoms with E-state index in [1.807, 2.05) is 17.2 Å². The third kappa shape index (κ3) is 4.68. The summed E-state index contributed by atoms with van der Waals surface area (Å²) in [7, 11) is 4.21. The van der Waals surface area contributed by atoms with Crippen LogP contribution < -0.4 is 4.87 Å². The summed E-state index contributed by atoms with van der Waals surface area (Å²) in [4.78, 5) is 28.2. The number of amides is 1. The molecule has 0 spiro atoms. The normalized spacial score (nSPS) is 16.5. The van der Waals surface area contributed by atoms with Gasteiger partial charge in [-0.05, 0) is 52.7 Å². The zero-order valence-electron chi connectivity index (χ0n) is 13.9. The molecule has 0 atom stereocenters. The van der Waals surface area contributed by atoms with Gasteiger partial charge in [0.15, 0.2) is 0 Å². The number of nitrogens with zero attached hydrogens (tertiary/aromatic N) is 3. The van der Waals surface area contributed by atoms with Crippen LogP contribution in [0.1, 0.15) is 31.4 Å². The van der Waals surface area contributed by atoms with Crippen LogP contribution in [0.25, 0.3) is 0 Å². The number of hydrogen-bond acceptors (Lipinski definition) is 4. The molecule has 0 N–H and O–H groups in total. The molecule has 0 bridgehead atoms. The van der Waals surface area contributed by atoms with Crippen LogP contribution >= 0.6 is 11.3 Å². The smallest absolute Gasteiger partial charge is 0.307 e. The molecule has 6 heteroatoms. The number of rotatable bonds is 6. The van der Waals surface area contributed by atoms with Crippen LogP contribution in [0, 0.1) is 12.8 Å². The van der Waals surface area contributed by atoms with Crippen molar-refractivity contribution in [2.75, 3.05) is 33.7 Å². The summed E-state index contributed by atoms with van der Waals surface area (Å²) in [5.41, 5.74) is 0.949. The minimum absolute atomic E-state index is 0.0349. The fraction of sp³-hybridized carbons (Fsp3) is 0.750. The summed E-state index contributed by atoms with van der Waals surface area (Å²) in [6.45, 7) is 5.29. The number of aryl methyl sites for hydroxylation is 1. The van der Waals surface area contributed by atoms with Crippen molar-refractivity contribution in [2.45, 2.75) is 39.2 Å². The van der Waals surface area contributed by atoms with E-state index < -0.39 is 0 Å². The fourth-order valence-corrected chi connectivity index (χ4v) is 3.71. The van der Waals surface area contributed by atoms with E-state index in [0.29, 0.717) is 13.0 Å². The highest BCUT2D eigenvalue weighted by Gasteiger charge is 2.22. The highest BCUT2D eigenvalue weighted by Crippen LogP contribution is 2.21. The average Bonchev–Trinajstić information content (AvgIpc) is 2.82. The topological polar surface area (TPSA) is 45.6 Å². The van der Waals surface area contributed by atoms with Crippen molar-refractivity contribution in [3.8, 4) is 0 Å². The van der Waals surface area contributed by atoms with E-state index in [2.05, 4.69) is 19.0 Å². The van der Waals surface area contributed by atoms with Gasteiger partial charge in [-0.2, -0.15) is 0 Å². The molecule has 1 aliphatic rings. The molecule has 1 aromatic heterocycles. The Morgan fingerprint density at radius 1 is 1.36 bits per heavy atom. The summed E-state index contributed by atoms with van der Waals surface area (Å²) < 4.78 is 1.70. The predicted octanol–water partition coefficient (Wildman–Crippen LogP) is 1.80. The molecule has 22 heavy (non-hydrogen) atoms. The number of aromatic nitrogens is 1. The maximum absolute atomic E-state index is 12.3. The Hall–Kier alpha value is -1.14. The summed E-state index contributed by atoms with van der Waals surface area (Å²) >= 11 is 1.20. The van der Waals surface area contributed by atoms with Gasteiger partial charge in [-0.25, -0.2) is 0 Å². The fourth-order valence-electron chi connectivity index (χ4n) is 2.95. The number of likely N-dealkylation sites (tertiary alicyclic amines) is 1. The second-order valence-electron chi connectivity index (χ2n) is 6.46. The van der Waals surface area contributed by atoms with Gasteiger partial charge >= 0.3 is 4.87 Å². The van der Waals surface area contributed by atoms with Crippen LogP contribution in [-0.2, 0) is 11.3 Å². The Labute approximate surface area is 136 Å². The third-order valence-electron chi connectivity index (χ3n) is 4.48. The molecule has 124 valence electrons. The molecule has 5 nitrogen and oxygen atoms in total. The van der Waals surface area contributed by atoms with Crippen molar-refractivity contribution >= 4 is 17.2 Å². The van der Waals surface area contributed by atoms with Crippen LogP contribution in [0.5, 0.6) is 0 Å². The monoisotopic (exact) mass is 325 g/mol. The summed E-state index contributed by atoms with van der Waals surface area (Å²) in [5.74, 6) is 0.928. The molecular weight excluding hydrogens is 298 g/mol. The summed E-state index contributed by atoms with van der Waals surface area (Å²) in [6, 6.07) is 0. The second-order valence-corrected chi connectivity index (χ2v) is 7.28. The van der Waals surface area contributed by atoms with Crippen LogP contribution in [0.15, 0.2) is 10.2 Å². The lowest BCUT2D eigenvalue weighted by atomic mass is 9.93. The molecule has 1 saturated heterocycles. The molecular formula is C16H27N3O2S. The lowest BCUT2D eigenvalue weighted by Gasteiger charge is -2.32. The van der Waals surface area contributed by atoms with Gasteiger partial charge in [0.1, 0.15) is 0 Å². The minimum Gasteiger partial charge on any atom is -0.343 e. The number of piperidine rings is 1. The third-order valence-corrected chi connectivity index (χ3v) is 5.36. The Morgan fingerprint density at radius 3 is 2.59 bits per heavy atom. The molecule has 0 saturated carbocycles. The van der Waals surface area contributed by atoms with Gasteiger partial charge in [0, 0.05) is 37.1 Å². The van der Waals surface area contributed by atoms with Crippen LogP contribution in [0.3, 0.4) is 0 Å². The van der Waals surface area contributed by atoms with Crippen molar-refractivity contribution in [3.05, 3.63) is 20.7 Å². The number of carbonyl (C=O) groups excluding carboxylic acids is 1. The molecule has 1 amide bonds. The Morgan fingerprint density at radius 2 is 2.05 bits per heavy atom. The summed E-state index contributed by atoms with van der Waals surface area (Å²) in [6.07, 6.45) is 3.87. The molecule has 1 aromatic rings. The molecule has 2 heterocycles. The Balaban J connectivity index is 1.74. The molecule has 0 unspecified atom stereocenters. The molecule has 1 aliphatic heterocycles. The average molecular weight is 325 g/mol. The van der Waals surface area contributed by atoms with E-state index in [0.717, 1.165) is 44.1 Å². The van der Waals surface area contributed by atoms with Gasteiger partial charge in [-0.15, -0.1) is 0 Å². The van der Waals surface area contributed by atoms with E-state index in [-0.39, 0.29) is 10.8 Å². The molecule has 1 fully saturated rings. The van der Waals surface area contributed by atoms with E-state index in [1.54, 1.807) is 4.57 Å². The minimum atomic E-state index is 0.0349. The SMILES string of the molecule is Cc1csc(=O)n1CCC(=O)N1CCC(CCN(C)C)CC1. The highest BCUT2D eigenvalue weighted by molar-refractivity contribution is 7.07. The zero-order chi connectivity index (χ0) is 16.1. The molecule has 0 aliphatic carbocycles. The molecule has 0 aromatic carbocycles. The van der Waals surface area contributed by atoms with Gasteiger partial charge in [0.05, 0.1) is 0 Å². The van der Waals surface area contributed by atoms with Crippen LogP contribution in [0.4, 0.5) is 0 Å². The van der Waals surface area contributed by atoms with Crippen molar-refractivity contribution < 1.29 is 4.79 Å². The van der Waals surface area contributed by atoms with E-state index in [1.165, 1.54) is 17.8 Å². The van der Waals surface area contributed by atoms with Crippen LogP contribution in [0.2, 0.25) is 0 Å². The van der Waals surface area contributed by atoms with Crippen molar-refractivity contribution in [2.24, 2.45) is 5.92 Å². The van der Waals surface area contributed by atoms with E-state index in [9.17, 15) is 9.59 Å². The van der Waals surface area contributed by atoms with E-state index in [4.69, 9.17) is 0 Å². The first-order valence-electron chi connectivity index (χ1n) is 8.05. The first-order chi connectivity index (χ1) is 10.5. The van der Waals surface area contributed by atoms with Crippen molar-refractivity contribution in [3.63, 3.8) is 0 Å². The number of hydrogen-bond donors (Lipinski definition) is 0. The van der Waals surface area contributed by atoms with Crippen LogP contribution in [-0.4, -0.2) is 54.0 Å². The Kier molecular flexibility index (Phi) is 6.20. The molecule has 0 radical (unpaired) electrons. The van der Waals surface area contributed by atoms with Crippen molar-refractivity contribution in [1.29, 1.82) is 0 Å². The highest BCUT2D eigenvalue weighted by atomic mass is 32.1. The van der Waals surface area contributed by atoms with Gasteiger partial charge in [0.2, 0.25) is 5.91 Å². The largest absolute Gasteiger partial charge is 0.343 e.